The van der Waals surface area contributed by atoms with Crippen molar-refractivity contribution in [2.75, 3.05) is 5.32 Å². The van der Waals surface area contributed by atoms with Gasteiger partial charge in [-0.2, -0.15) is 4.68 Å². The number of tetrazole rings is 1. The van der Waals surface area contributed by atoms with Gasteiger partial charge in [-0.25, -0.2) is 8.42 Å². The third kappa shape index (κ3) is 5.83. The maximum atomic E-state index is 12.2. The molecule has 0 spiro atoms. The minimum atomic E-state index is -3.99. The zero-order chi connectivity index (χ0) is 17.2. The molecule has 0 unspecified atom stereocenters. The van der Waals surface area contributed by atoms with Crippen LogP contribution in [0.15, 0.2) is 59.8 Å². The first-order valence-corrected chi connectivity index (χ1v) is 9.07. The minimum absolute atomic E-state index is 0. The van der Waals surface area contributed by atoms with Crippen LogP contribution in [0.4, 0.5) is 5.69 Å². The molecular weight excluding hydrogens is 586 g/mol. The third-order valence-corrected chi connectivity index (χ3v) is 4.20. The molecule has 1 amide bonds. The van der Waals surface area contributed by atoms with E-state index in [-0.39, 0.29) is 79.7 Å². The Balaban J connectivity index is 0.00000169. The summed E-state index contributed by atoms with van der Waals surface area (Å²) in [5.41, 5.74) is 1.32. The van der Waals surface area contributed by atoms with Gasteiger partial charge in [0.1, 0.15) is 0 Å². The second kappa shape index (κ2) is 10.3. The van der Waals surface area contributed by atoms with E-state index >= 15 is 0 Å². The van der Waals surface area contributed by atoms with E-state index in [1.807, 2.05) is 6.07 Å². The second-order valence-corrected chi connectivity index (χ2v) is 7.29. The molecule has 0 fully saturated rings. The molecule has 26 heavy (non-hydrogen) atoms. The second-order valence-electron chi connectivity index (χ2n) is 4.70. The Bertz CT molecular complexity index is 999. The number of hydrogen-bond acceptors (Lipinski definition) is 7. The molecule has 0 aliphatic heterocycles. The van der Waals surface area contributed by atoms with Gasteiger partial charge in [-0.05, 0) is 40.8 Å². The van der Waals surface area contributed by atoms with Crippen LogP contribution in [-0.4, -0.2) is 85.9 Å². The van der Waals surface area contributed by atoms with Crippen molar-refractivity contribution in [2.45, 2.75) is 5.16 Å². The van der Waals surface area contributed by atoms with Crippen LogP contribution in [0.2, 0.25) is 0 Å². The number of aromatic nitrogens is 4. The number of hydrogen-bond donors (Lipinski definition) is 1. The number of nitrogens with zero attached hydrogens (tertiary/aromatic N) is 4. The number of carbonyl (C=O) groups is 1. The average molecular weight is 596 g/mol. The molecular formula is C14H10AuKN5O3S2. The first kappa shape index (κ1) is 23.7. The number of anilines is 1. The summed E-state index contributed by atoms with van der Waals surface area (Å²) in [5, 5.41) is 12.7. The van der Waals surface area contributed by atoms with Gasteiger partial charge in [0, 0.05) is 62.6 Å². The van der Waals surface area contributed by atoms with E-state index in [9.17, 15) is 13.2 Å². The Kier molecular flexibility index (Phi) is 9.36. The van der Waals surface area contributed by atoms with Crippen molar-refractivity contribution in [3.63, 3.8) is 0 Å². The molecule has 1 aromatic heterocycles. The first-order chi connectivity index (χ1) is 11.4. The fourth-order valence-corrected chi connectivity index (χ4v) is 2.81. The fraction of sp³-hybridized carbons (Fsp3) is 0. The Morgan fingerprint density at radius 2 is 1.77 bits per heavy atom. The molecule has 0 bridgehead atoms. The average Bonchev–Trinajstić information content (AvgIpc) is 3.06. The zero-order valence-corrected chi connectivity index (χ0v) is 20.3. The number of rotatable bonds is 4. The van der Waals surface area contributed by atoms with Crippen molar-refractivity contribution in [1.82, 2.24) is 20.2 Å². The molecule has 12 heteroatoms. The summed E-state index contributed by atoms with van der Waals surface area (Å²) >= 11 is 4.40. The van der Waals surface area contributed by atoms with Gasteiger partial charge in [0.15, 0.2) is 0 Å². The molecule has 0 aliphatic rings. The predicted octanol–water partition coefficient (Wildman–Crippen LogP) is 0.767. The molecule has 3 aromatic rings. The van der Waals surface area contributed by atoms with Gasteiger partial charge in [0.05, 0.1) is 14.6 Å². The van der Waals surface area contributed by atoms with Crippen molar-refractivity contribution >= 4 is 83.5 Å². The number of nitrogens with one attached hydrogen (secondary N) is 1. The SMILES string of the molecule is O=C(Nc1cccc(-n2nnnc2S(=O)(=O)[S-])c1)c1ccccc1.[Au+].[K]. The number of carbonyl (C=O) groups excluding carboxylic acids is 1. The summed E-state index contributed by atoms with van der Waals surface area (Å²) in [4.78, 5) is 12.2. The first-order valence-electron chi connectivity index (χ1n) is 6.66. The van der Waals surface area contributed by atoms with Crippen LogP contribution in [0.1, 0.15) is 10.4 Å². The van der Waals surface area contributed by atoms with E-state index in [1.165, 1.54) is 0 Å². The quantitative estimate of drug-likeness (QED) is 0.270. The zero-order valence-electron chi connectivity index (χ0n) is 13.3. The van der Waals surface area contributed by atoms with Gasteiger partial charge in [-0.15, -0.1) is 0 Å². The molecule has 0 saturated heterocycles. The van der Waals surface area contributed by atoms with Gasteiger partial charge < -0.3 is 17.0 Å². The monoisotopic (exact) mass is 596 g/mol. The molecule has 1 radical (unpaired) electrons. The van der Waals surface area contributed by atoms with Gasteiger partial charge in [-0.1, -0.05) is 29.4 Å². The molecule has 3 rings (SSSR count). The smallest absolute Gasteiger partial charge is 0.641 e. The van der Waals surface area contributed by atoms with Crippen LogP contribution >= 0.6 is 0 Å². The molecule has 133 valence electrons. The van der Waals surface area contributed by atoms with Gasteiger partial charge in [0.25, 0.3) is 5.91 Å². The minimum Gasteiger partial charge on any atom is -0.641 e. The van der Waals surface area contributed by atoms with Crippen LogP contribution in [0.25, 0.3) is 5.69 Å². The molecule has 1 heterocycles. The van der Waals surface area contributed by atoms with Crippen LogP contribution in [0, 0.1) is 0 Å². The molecule has 0 aliphatic carbocycles. The summed E-state index contributed by atoms with van der Waals surface area (Å²) in [6, 6.07) is 15.1. The Hall–Kier alpha value is -0.343. The molecule has 8 nitrogen and oxygen atoms in total. The van der Waals surface area contributed by atoms with E-state index in [4.69, 9.17) is 0 Å². The summed E-state index contributed by atoms with van der Waals surface area (Å²) in [6.07, 6.45) is 0. The van der Waals surface area contributed by atoms with Crippen molar-refractivity contribution in [1.29, 1.82) is 0 Å². The Morgan fingerprint density at radius 1 is 1.08 bits per heavy atom. The number of amides is 1. The third-order valence-electron chi connectivity index (χ3n) is 3.05. The van der Waals surface area contributed by atoms with Gasteiger partial charge in [-0.3, -0.25) is 4.79 Å². The van der Waals surface area contributed by atoms with Crippen molar-refractivity contribution in [2.24, 2.45) is 0 Å². The van der Waals surface area contributed by atoms with Crippen molar-refractivity contribution in [3.8, 4) is 5.69 Å². The largest absolute Gasteiger partial charge is 1.00 e. The van der Waals surface area contributed by atoms with Crippen LogP contribution in [0.3, 0.4) is 0 Å². The van der Waals surface area contributed by atoms with Crippen LogP contribution < -0.4 is 5.32 Å². The van der Waals surface area contributed by atoms with Crippen molar-refractivity contribution in [3.05, 3.63) is 60.2 Å². The maximum Gasteiger partial charge on any atom is 1.00 e. The summed E-state index contributed by atoms with van der Waals surface area (Å²) in [5.74, 6) is -0.291. The van der Waals surface area contributed by atoms with Crippen LogP contribution in [0.5, 0.6) is 0 Å². The standard InChI is InChI=1S/C14H11N5O3S2.Au.K/c20-13(10-5-2-1-3-6-10)15-11-7-4-8-12(9-11)19-14(16-17-18-19)24(21,22)23;;/h1-9H,(H,15,20)(H,21,22,23);;/q;+1;/p-1. The Morgan fingerprint density at radius 3 is 2.42 bits per heavy atom. The molecule has 2 aromatic carbocycles. The van der Waals surface area contributed by atoms with Gasteiger partial charge in [0.2, 0.25) is 5.16 Å². The fourth-order valence-electron chi connectivity index (χ4n) is 2.01. The summed E-state index contributed by atoms with van der Waals surface area (Å²) in [6.45, 7) is 0. The molecule has 0 atom stereocenters. The van der Waals surface area contributed by atoms with E-state index in [2.05, 4.69) is 32.5 Å². The van der Waals surface area contributed by atoms with Gasteiger partial charge >= 0.3 is 22.4 Å². The van der Waals surface area contributed by atoms with E-state index in [0.717, 1.165) is 4.68 Å². The topological polar surface area (TPSA) is 107 Å². The van der Waals surface area contributed by atoms with E-state index in [0.29, 0.717) is 16.9 Å². The van der Waals surface area contributed by atoms with Crippen LogP contribution in [-0.2, 0) is 42.9 Å². The normalized spacial score (nSPS) is 10.3. The van der Waals surface area contributed by atoms with Crippen molar-refractivity contribution < 1.29 is 35.6 Å². The van der Waals surface area contributed by atoms with E-state index < -0.39 is 14.0 Å². The van der Waals surface area contributed by atoms with E-state index in [1.54, 1.807) is 48.5 Å². The summed E-state index contributed by atoms with van der Waals surface area (Å²) in [7, 11) is -3.99. The summed E-state index contributed by atoms with van der Waals surface area (Å²) < 4.78 is 24.0. The maximum absolute atomic E-state index is 12.2. The molecule has 0 saturated carbocycles. The predicted molar refractivity (Wildman–Crippen MR) is 93.9 cm³/mol. The Labute approximate surface area is 212 Å². The molecule has 1 N–H and O–H groups in total. The number of benzene rings is 2.